The molecule has 0 aliphatic rings. The molecule has 0 amide bonds. The largest absolute Gasteiger partial charge is 0.275 e. The van der Waals surface area contributed by atoms with Crippen LogP contribution in [0.25, 0.3) is 0 Å². The number of aromatic nitrogens is 1. The van der Waals surface area contributed by atoms with Crippen LogP contribution in [0.15, 0.2) is 12.3 Å². The Morgan fingerprint density at radius 2 is 2.27 bits per heavy atom. The van der Waals surface area contributed by atoms with Gasteiger partial charge in [-0.2, -0.15) is 4.39 Å². The van der Waals surface area contributed by atoms with Crippen LogP contribution in [0.1, 0.15) is 10.4 Å². The molecular formula is C6H2Cl2FNO. The van der Waals surface area contributed by atoms with Gasteiger partial charge in [0.2, 0.25) is 5.95 Å². The Morgan fingerprint density at radius 1 is 1.64 bits per heavy atom. The maximum Gasteiger partial charge on any atom is 0.257 e. The second kappa shape index (κ2) is 3.15. The van der Waals surface area contributed by atoms with Crippen molar-refractivity contribution >= 4 is 28.4 Å². The molecule has 58 valence electrons. The molecule has 0 atom stereocenters. The molecule has 0 radical (unpaired) electrons. The normalized spacial score (nSPS) is 9.73. The Labute approximate surface area is 71.9 Å². The minimum atomic E-state index is -0.908. The Kier molecular flexibility index (Phi) is 2.42. The van der Waals surface area contributed by atoms with Crippen LogP contribution in [0.3, 0.4) is 0 Å². The molecule has 1 rings (SSSR count). The van der Waals surface area contributed by atoms with Crippen LogP contribution in [-0.4, -0.2) is 10.2 Å². The fourth-order valence-electron chi connectivity index (χ4n) is 0.560. The van der Waals surface area contributed by atoms with Crippen molar-refractivity contribution in [1.29, 1.82) is 0 Å². The van der Waals surface area contributed by atoms with Crippen molar-refractivity contribution in [3.63, 3.8) is 0 Å². The molecule has 5 heteroatoms. The molecule has 0 aliphatic carbocycles. The topological polar surface area (TPSA) is 30.0 Å². The first-order chi connectivity index (χ1) is 5.11. The molecule has 1 heterocycles. The summed E-state index contributed by atoms with van der Waals surface area (Å²) in [6.45, 7) is 0. The zero-order valence-corrected chi connectivity index (χ0v) is 6.66. The number of pyridine rings is 1. The van der Waals surface area contributed by atoms with Crippen molar-refractivity contribution in [2.45, 2.75) is 0 Å². The van der Waals surface area contributed by atoms with Gasteiger partial charge in [0.25, 0.3) is 5.24 Å². The second-order valence-electron chi connectivity index (χ2n) is 1.77. The van der Waals surface area contributed by atoms with Gasteiger partial charge in [0.15, 0.2) is 0 Å². The van der Waals surface area contributed by atoms with Gasteiger partial charge in [-0.3, -0.25) is 4.79 Å². The molecule has 0 spiro atoms. The highest BCUT2D eigenvalue weighted by molar-refractivity contribution is 6.67. The van der Waals surface area contributed by atoms with Crippen LogP contribution in [0, 0.1) is 5.95 Å². The summed E-state index contributed by atoms with van der Waals surface area (Å²) in [7, 11) is 0. The molecule has 0 fully saturated rings. The van der Waals surface area contributed by atoms with Crippen LogP contribution >= 0.6 is 23.2 Å². The molecule has 1 aromatic heterocycles. The van der Waals surface area contributed by atoms with E-state index in [1.165, 1.54) is 0 Å². The molecule has 0 unspecified atom stereocenters. The quantitative estimate of drug-likeness (QED) is 0.506. The summed E-state index contributed by atoms with van der Waals surface area (Å²) < 4.78 is 12.5. The number of carbonyl (C=O) groups is 1. The van der Waals surface area contributed by atoms with Gasteiger partial charge in [0.1, 0.15) is 0 Å². The van der Waals surface area contributed by atoms with Crippen LogP contribution in [0.2, 0.25) is 5.02 Å². The molecule has 1 aromatic rings. The fourth-order valence-corrected chi connectivity index (χ4v) is 0.851. The number of hydrogen-bond acceptors (Lipinski definition) is 2. The predicted octanol–water partition coefficient (Wildman–Crippen LogP) is 2.25. The Hall–Kier alpha value is -0.670. The van der Waals surface area contributed by atoms with Gasteiger partial charge in [-0.05, 0) is 17.7 Å². The van der Waals surface area contributed by atoms with Crippen LogP contribution in [0.5, 0.6) is 0 Å². The van der Waals surface area contributed by atoms with E-state index in [4.69, 9.17) is 23.2 Å². The lowest BCUT2D eigenvalue weighted by Crippen LogP contribution is -1.96. The van der Waals surface area contributed by atoms with E-state index in [0.29, 0.717) is 0 Å². The lowest BCUT2D eigenvalue weighted by atomic mass is 10.3. The van der Waals surface area contributed by atoms with E-state index in [9.17, 15) is 9.18 Å². The molecule has 0 saturated carbocycles. The molecular weight excluding hydrogens is 192 g/mol. The van der Waals surface area contributed by atoms with E-state index in [1.54, 1.807) is 0 Å². The van der Waals surface area contributed by atoms with Crippen molar-refractivity contribution in [3.05, 3.63) is 28.8 Å². The van der Waals surface area contributed by atoms with Crippen molar-refractivity contribution in [1.82, 2.24) is 4.98 Å². The van der Waals surface area contributed by atoms with Crippen LogP contribution in [-0.2, 0) is 0 Å². The molecule has 0 saturated heterocycles. The van der Waals surface area contributed by atoms with Crippen molar-refractivity contribution in [3.8, 4) is 0 Å². The SMILES string of the molecule is O=C(Cl)c1cc(Cl)cnc1F. The van der Waals surface area contributed by atoms with Gasteiger partial charge in [-0.15, -0.1) is 0 Å². The minimum Gasteiger partial charge on any atom is -0.275 e. The standard InChI is InChI=1S/C6H2Cl2FNO/c7-3-1-4(5(8)11)6(9)10-2-3/h1-2H. The summed E-state index contributed by atoms with van der Waals surface area (Å²) in [5, 5.41) is -0.729. The maximum atomic E-state index is 12.5. The molecule has 0 bridgehead atoms. The summed E-state index contributed by atoms with van der Waals surface area (Å²) in [5.74, 6) is -0.908. The summed E-state index contributed by atoms with van der Waals surface area (Å²) in [6, 6.07) is 1.12. The predicted molar refractivity (Wildman–Crippen MR) is 39.4 cm³/mol. The van der Waals surface area contributed by atoms with Crippen LogP contribution < -0.4 is 0 Å². The van der Waals surface area contributed by atoms with Gasteiger partial charge in [-0.25, -0.2) is 4.98 Å². The maximum absolute atomic E-state index is 12.5. The summed E-state index contributed by atoms with van der Waals surface area (Å²) in [6.07, 6.45) is 1.10. The lowest BCUT2D eigenvalue weighted by molar-refractivity contribution is 0.107. The second-order valence-corrected chi connectivity index (χ2v) is 2.55. The average molecular weight is 194 g/mol. The fraction of sp³-hybridized carbons (Fsp3) is 0. The first kappa shape index (κ1) is 8.43. The monoisotopic (exact) mass is 193 g/mol. The third kappa shape index (κ3) is 1.88. The van der Waals surface area contributed by atoms with E-state index in [1.807, 2.05) is 0 Å². The zero-order valence-electron chi connectivity index (χ0n) is 5.14. The van der Waals surface area contributed by atoms with Gasteiger partial charge in [-0.1, -0.05) is 11.6 Å². The Balaban J connectivity index is 3.23. The van der Waals surface area contributed by atoms with Gasteiger partial charge in [0, 0.05) is 6.20 Å². The molecule has 0 aliphatic heterocycles. The summed E-state index contributed by atoms with van der Waals surface area (Å²) in [5.41, 5.74) is -0.306. The number of rotatable bonds is 1. The van der Waals surface area contributed by atoms with Gasteiger partial charge < -0.3 is 0 Å². The van der Waals surface area contributed by atoms with Crippen LogP contribution in [0.4, 0.5) is 4.39 Å². The molecule has 11 heavy (non-hydrogen) atoms. The highest BCUT2D eigenvalue weighted by Gasteiger charge is 2.09. The summed E-state index contributed by atoms with van der Waals surface area (Å²) in [4.78, 5) is 13.6. The summed E-state index contributed by atoms with van der Waals surface area (Å²) >= 11 is 10.4. The molecule has 0 aromatic carbocycles. The number of halogens is 3. The lowest BCUT2D eigenvalue weighted by Gasteiger charge is -1.94. The first-order valence-corrected chi connectivity index (χ1v) is 3.37. The number of carbonyl (C=O) groups excluding carboxylic acids is 1. The first-order valence-electron chi connectivity index (χ1n) is 2.62. The Morgan fingerprint density at radius 3 is 2.73 bits per heavy atom. The highest BCUT2D eigenvalue weighted by atomic mass is 35.5. The molecule has 0 N–H and O–H groups in total. The average Bonchev–Trinajstić information content (AvgIpc) is 1.94. The van der Waals surface area contributed by atoms with Gasteiger partial charge in [0.05, 0.1) is 10.6 Å². The van der Waals surface area contributed by atoms with Crippen molar-refractivity contribution in [2.75, 3.05) is 0 Å². The van der Waals surface area contributed by atoms with E-state index < -0.39 is 11.2 Å². The van der Waals surface area contributed by atoms with E-state index in [0.717, 1.165) is 12.3 Å². The van der Waals surface area contributed by atoms with Gasteiger partial charge >= 0.3 is 0 Å². The smallest absolute Gasteiger partial charge is 0.257 e. The number of hydrogen-bond donors (Lipinski definition) is 0. The van der Waals surface area contributed by atoms with E-state index >= 15 is 0 Å². The Bertz CT molecular complexity index is 303. The molecule has 2 nitrogen and oxygen atoms in total. The third-order valence-electron chi connectivity index (χ3n) is 1.02. The third-order valence-corrected chi connectivity index (χ3v) is 1.43. The minimum absolute atomic E-state index is 0.176. The highest BCUT2D eigenvalue weighted by Crippen LogP contribution is 2.13. The van der Waals surface area contributed by atoms with Crippen molar-refractivity contribution in [2.24, 2.45) is 0 Å². The zero-order chi connectivity index (χ0) is 8.43. The van der Waals surface area contributed by atoms with E-state index in [-0.39, 0.29) is 10.6 Å². The number of nitrogens with zero attached hydrogens (tertiary/aromatic N) is 1. The van der Waals surface area contributed by atoms with E-state index in [2.05, 4.69) is 4.98 Å². The van der Waals surface area contributed by atoms with Crippen molar-refractivity contribution < 1.29 is 9.18 Å².